The molecule has 2 aromatic heterocycles. The molecule has 2 aliphatic rings. The second kappa shape index (κ2) is 7.22. The van der Waals surface area contributed by atoms with Gasteiger partial charge in [-0.15, -0.1) is 0 Å². The Balaban J connectivity index is 1.77. The molecule has 4 rings (SSSR count). The summed E-state index contributed by atoms with van der Waals surface area (Å²) in [5, 5.41) is 12.8. The number of nitrogens with one attached hydrogen (secondary N) is 1. The van der Waals surface area contributed by atoms with Crippen LogP contribution in [0.1, 0.15) is 20.1 Å². The highest BCUT2D eigenvalue weighted by molar-refractivity contribution is 5.87. The molecule has 0 aliphatic carbocycles. The van der Waals surface area contributed by atoms with Gasteiger partial charge in [0.05, 0.1) is 12.9 Å². The Hall–Kier alpha value is -2.38. The van der Waals surface area contributed by atoms with Crippen molar-refractivity contribution in [3.05, 3.63) is 12.7 Å². The minimum absolute atomic E-state index is 0.214. The molecule has 4 N–H and O–H groups in total. The van der Waals surface area contributed by atoms with Crippen LogP contribution >= 0.6 is 0 Å². The van der Waals surface area contributed by atoms with E-state index in [4.69, 9.17) is 24.7 Å². The van der Waals surface area contributed by atoms with Crippen molar-refractivity contribution in [3.8, 4) is 0 Å². The van der Waals surface area contributed by atoms with Crippen molar-refractivity contribution < 1.29 is 28.8 Å². The van der Waals surface area contributed by atoms with E-state index < -0.39 is 43.0 Å². The van der Waals surface area contributed by atoms with E-state index in [1.165, 1.54) is 12.7 Å². The molecule has 5 atom stereocenters. The van der Waals surface area contributed by atoms with Gasteiger partial charge < -0.3 is 35.1 Å². The zero-order valence-corrected chi connectivity index (χ0v) is 15.4. The lowest BCUT2D eigenvalue weighted by molar-refractivity contribution is -0.275. The molecule has 12 heteroatoms. The van der Waals surface area contributed by atoms with E-state index in [1.807, 2.05) is 0 Å². The summed E-state index contributed by atoms with van der Waals surface area (Å²) in [5.74, 6) is -0.291. The van der Waals surface area contributed by atoms with Crippen molar-refractivity contribution in [2.45, 2.75) is 44.4 Å². The Kier molecular flexibility index (Phi) is 4.89. The molecule has 4 heterocycles. The third-order valence-electron chi connectivity index (χ3n) is 4.82. The number of ether oxygens (including phenoxy) is 4. The van der Waals surface area contributed by atoms with Gasteiger partial charge >= 0.3 is 0 Å². The summed E-state index contributed by atoms with van der Waals surface area (Å²) >= 11 is 0. The first kappa shape index (κ1) is 19.0. The van der Waals surface area contributed by atoms with E-state index in [0.29, 0.717) is 24.3 Å². The number of likely N-dealkylation sites (N-methyl/N-ethyl adjacent to an activating group) is 1. The van der Waals surface area contributed by atoms with Crippen molar-refractivity contribution in [3.63, 3.8) is 0 Å². The van der Waals surface area contributed by atoms with Crippen molar-refractivity contribution in [1.29, 1.82) is 0 Å². The Bertz CT molecular complexity index is 876. The number of amides is 1. The molecular weight excluding hydrogens is 372 g/mol. The van der Waals surface area contributed by atoms with E-state index in [-0.39, 0.29) is 5.82 Å². The maximum absolute atomic E-state index is 12.8. The SMILES string of the molecule is CCNC(=O)[C@]1(CO)O[C@@H](n2cnc3c(N)ncnc32)[C@@H]2OC(OCC)O[C@@H]21. The largest absolute Gasteiger partial charge is 0.393 e. The van der Waals surface area contributed by atoms with E-state index >= 15 is 0 Å². The van der Waals surface area contributed by atoms with Crippen molar-refractivity contribution >= 4 is 22.9 Å². The first-order chi connectivity index (χ1) is 13.6. The third-order valence-corrected chi connectivity index (χ3v) is 4.82. The topological polar surface area (TPSA) is 156 Å². The van der Waals surface area contributed by atoms with Crippen LogP contribution in [0.4, 0.5) is 5.82 Å². The number of hydrogen-bond donors (Lipinski definition) is 3. The van der Waals surface area contributed by atoms with Gasteiger partial charge in [-0.1, -0.05) is 0 Å². The quantitative estimate of drug-likeness (QED) is 0.550. The molecule has 152 valence electrons. The molecule has 0 saturated carbocycles. The summed E-state index contributed by atoms with van der Waals surface area (Å²) in [7, 11) is 0. The monoisotopic (exact) mass is 394 g/mol. The first-order valence-electron chi connectivity index (χ1n) is 8.98. The van der Waals surface area contributed by atoms with Gasteiger partial charge in [0.15, 0.2) is 17.7 Å². The number of nitrogens with zero attached hydrogens (tertiary/aromatic N) is 4. The number of nitrogens with two attached hydrogens (primary N) is 1. The number of carbonyl (C=O) groups excluding carboxylic acids is 1. The fraction of sp³-hybridized carbons (Fsp3) is 0.625. The summed E-state index contributed by atoms with van der Waals surface area (Å²) in [6.45, 7) is 2.68. The molecule has 0 aromatic carbocycles. The van der Waals surface area contributed by atoms with Crippen LogP contribution in [0.25, 0.3) is 11.2 Å². The van der Waals surface area contributed by atoms with E-state index in [9.17, 15) is 9.90 Å². The van der Waals surface area contributed by atoms with Crippen LogP contribution in [0.15, 0.2) is 12.7 Å². The van der Waals surface area contributed by atoms with Crippen LogP contribution in [0.3, 0.4) is 0 Å². The normalized spacial score (nSPS) is 32.0. The van der Waals surface area contributed by atoms with Gasteiger partial charge in [-0.3, -0.25) is 9.36 Å². The van der Waals surface area contributed by atoms with Crippen molar-refractivity contribution in [2.24, 2.45) is 0 Å². The molecule has 1 amide bonds. The zero-order valence-electron chi connectivity index (χ0n) is 15.4. The molecule has 28 heavy (non-hydrogen) atoms. The fourth-order valence-corrected chi connectivity index (χ4v) is 3.55. The summed E-state index contributed by atoms with van der Waals surface area (Å²) in [6, 6.07) is 0. The number of rotatable bonds is 6. The average Bonchev–Trinajstić information content (AvgIpc) is 3.35. The highest BCUT2D eigenvalue weighted by Crippen LogP contribution is 2.46. The Morgan fingerprint density at radius 1 is 1.39 bits per heavy atom. The minimum atomic E-state index is -1.67. The maximum atomic E-state index is 12.8. The lowest BCUT2D eigenvalue weighted by Gasteiger charge is -2.30. The van der Waals surface area contributed by atoms with Crippen LogP contribution in [0.2, 0.25) is 0 Å². The number of aromatic nitrogens is 4. The molecule has 0 bridgehead atoms. The highest BCUT2D eigenvalue weighted by atomic mass is 16.9. The molecule has 0 spiro atoms. The molecule has 2 aliphatic heterocycles. The summed E-state index contributed by atoms with van der Waals surface area (Å²) in [6.07, 6.45) is 0.270. The van der Waals surface area contributed by atoms with Gasteiger partial charge in [0.1, 0.15) is 24.1 Å². The van der Waals surface area contributed by atoms with Gasteiger partial charge in [0.2, 0.25) is 5.60 Å². The Labute approximate surface area is 159 Å². The van der Waals surface area contributed by atoms with Crippen molar-refractivity contribution in [1.82, 2.24) is 24.8 Å². The predicted molar refractivity (Wildman–Crippen MR) is 93.5 cm³/mol. The highest BCUT2D eigenvalue weighted by Gasteiger charge is 2.65. The maximum Gasteiger partial charge on any atom is 0.272 e. The van der Waals surface area contributed by atoms with E-state index in [2.05, 4.69) is 20.3 Å². The standard InChI is InChI=1S/C16H22N6O6/c1-3-18-14(24)16(5-23)10-9(26-15(27-10)25-4-2)13(28-16)22-7-21-8-11(17)19-6-20-12(8)22/h6-7,9-10,13,15,23H,3-5H2,1-2H3,(H,18,24)(H2,17,19,20)/t9-,10+,13-,15?,16-/m1/s1. The van der Waals surface area contributed by atoms with E-state index in [0.717, 1.165) is 0 Å². The van der Waals surface area contributed by atoms with Gasteiger partial charge in [0, 0.05) is 13.2 Å². The molecule has 2 fully saturated rings. The van der Waals surface area contributed by atoms with Crippen LogP contribution in [-0.4, -0.2) is 74.6 Å². The van der Waals surface area contributed by atoms with Gasteiger partial charge in [-0.25, -0.2) is 15.0 Å². The fourth-order valence-electron chi connectivity index (χ4n) is 3.55. The molecular formula is C16H22N6O6. The minimum Gasteiger partial charge on any atom is -0.393 e. The second-order valence-corrected chi connectivity index (χ2v) is 6.40. The predicted octanol–water partition coefficient (Wildman–Crippen LogP) is -1.09. The number of carbonyl (C=O) groups is 1. The summed E-state index contributed by atoms with van der Waals surface area (Å²) < 4.78 is 24.7. The summed E-state index contributed by atoms with van der Waals surface area (Å²) in [4.78, 5) is 25.2. The average molecular weight is 394 g/mol. The molecule has 1 unspecified atom stereocenters. The smallest absolute Gasteiger partial charge is 0.272 e. The molecule has 2 saturated heterocycles. The molecule has 0 radical (unpaired) electrons. The number of fused-ring (bicyclic) bond motifs is 2. The first-order valence-corrected chi connectivity index (χ1v) is 8.98. The number of aliphatic hydroxyl groups excluding tert-OH is 1. The Morgan fingerprint density at radius 2 is 2.21 bits per heavy atom. The number of imidazole rings is 1. The molecule has 12 nitrogen and oxygen atoms in total. The second-order valence-electron chi connectivity index (χ2n) is 6.40. The van der Waals surface area contributed by atoms with Gasteiger partial charge in [0.25, 0.3) is 12.4 Å². The zero-order chi connectivity index (χ0) is 19.9. The van der Waals surface area contributed by atoms with Gasteiger partial charge in [-0.2, -0.15) is 0 Å². The number of hydrogen-bond acceptors (Lipinski definition) is 10. The van der Waals surface area contributed by atoms with Crippen LogP contribution in [-0.2, 0) is 23.7 Å². The van der Waals surface area contributed by atoms with Crippen LogP contribution < -0.4 is 11.1 Å². The lowest BCUT2D eigenvalue weighted by Crippen LogP contribution is -2.57. The van der Waals surface area contributed by atoms with Crippen LogP contribution in [0.5, 0.6) is 0 Å². The molecule has 2 aromatic rings. The number of anilines is 1. The number of nitrogen functional groups attached to an aromatic ring is 1. The number of aliphatic hydroxyl groups is 1. The van der Waals surface area contributed by atoms with Crippen LogP contribution in [0, 0.1) is 0 Å². The van der Waals surface area contributed by atoms with Gasteiger partial charge in [-0.05, 0) is 13.8 Å². The summed E-state index contributed by atoms with van der Waals surface area (Å²) in [5.41, 5.74) is 4.98. The van der Waals surface area contributed by atoms with E-state index in [1.54, 1.807) is 18.4 Å². The lowest BCUT2D eigenvalue weighted by atomic mass is 9.95. The third kappa shape index (κ3) is 2.72. The van der Waals surface area contributed by atoms with Crippen molar-refractivity contribution in [2.75, 3.05) is 25.5 Å². The Morgan fingerprint density at radius 3 is 2.93 bits per heavy atom.